The minimum Gasteiger partial charge on any atom is -0.374 e. The summed E-state index contributed by atoms with van der Waals surface area (Å²) >= 11 is 0. The van der Waals surface area contributed by atoms with Crippen molar-refractivity contribution in [2.24, 2.45) is 5.73 Å². The molecular weight excluding hydrogens is 346 g/mol. The summed E-state index contributed by atoms with van der Waals surface area (Å²) < 4.78 is 5.95. The van der Waals surface area contributed by atoms with Crippen LogP contribution in [0.2, 0.25) is 0 Å². The first-order valence-electron chi connectivity index (χ1n) is 8.93. The smallest absolute Gasteiger partial charge is 0.268 e. The molecule has 2 amide bonds. The second kappa shape index (κ2) is 7.32. The summed E-state index contributed by atoms with van der Waals surface area (Å²) in [6, 6.07) is 9.85. The zero-order valence-electron chi connectivity index (χ0n) is 14.8. The summed E-state index contributed by atoms with van der Waals surface area (Å²) in [4.78, 5) is 36.3. The van der Waals surface area contributed by atoms with E-state index in [1.807, 2.05) is 40.1 Å². The number of carbonyl (C=O) groups is 2. The molecule has 0 aliphatic carbocycles. The second-order valence-corrected chi connectivity index (χ2v) is 6.77. The normalized spacial score (nSPS) is 22.4. The lowest BCUT2D eigenvalue weighted by atomic mass is 10.1. The number of hydrogen-bond acceptors (Lipinski definition) is 6. The van der Waals surface area contributed by atoms with Gasteiger partial charge in [0.2, 0.25) is 5.91 Å². The van der Waals surface area contributed by atoms with Crippen LogP contribution in [-0.2, 0) is 16.1 Å². The Labute approximate surface area is 156 Å². The molecule has 0 radical (unpaired) electrons. The lowest BCUT2D eigenvalue weighted by Crippen LogP contribution is -2.45. The number of nitrogens with two attached hydrogens (primary N) is 1. The third-order valence-electron chi connectivity index (χ3n) is 5.00. The maximum absolute atomic E-state index is 12.7. The van der Waals surface area contributed by atoms with Gasteiger partial charge in [-0.3, -0.25) is 14.6 Å². The minimum absolute atomic E-state index is 0.0840. The van der Waals surface area contributed by atoms with Crippen LogP contribution in [0.1, 0.15) is 22.5 Å². The molecule has 0 spiro atoms. The van der Waals surface area contributed by atoms with Crippen LogP contribution in [0, 0.1) is 0 Å². The van der Waals surface area contributed by atoms with E-state index in [0.717, 1.165) is 5.56 Å². The molecule has 0 saturated carbocycles. The van der Waals surface area contributed by atoms with Gasteiger partial charge in [0.25, 0.3) is 5.91 Å². The van der Waals surface area contributed by atoms with E-state index in [9.17, 15) is 9.59 Å². The highest BCUT2D eigenvalue weighted by atomic mass is 16.5. The van der Waals surface area contributed by atoms with Crippen molar-refractivity contribution in [2.45, 2.75) is 25.1 Å². The van der Waals surface area contributed by atoms with Crippen molar-refractivity contribution >= 4 is 17.6 Å². The molecular formula is C19H21N5O3. The molecule has 4 rings (SSSR count). The maximum atomic E-state index is 12.7. The van der Waals surface area contributed by atoms with Crippen LogP contribution in [0.3, 0.4) is 0 Å². The Morgan fingerprint density at radius 2 is 2.04 bits per heavy atom. The number of benzene rings is 1. The van der Waals surface area contributed by atoms with E-state index in [1.54, 1.807) is 6.20 Å². The summed E-state index contributed by atoms with van der Waals surface area (Å²) in [5.41, 5.74) is 6.51. The van der Waals surface area contributed by atoms with Crippen molar-refractivity contribution in [3.8, 4) is 0 Å². The number of ether oxygens (including phenoxy) is 1. The Balaban J connectivity index is 1.57. The molecule has 27 heavy (non-hydrogen) atoms. The minimum atomic E-state index is -0.616. The third kappa shape index (κ3) is 3.61. The Kier molecular flexibility index (Phi) is 4.72. The summed E-state index contributed by atoms with van der Waals surface area (Å²) in [5, 5.41) is 0. The van der Waals surface area contributed by atoms with Gasteiger partial charge in [0, 0.05) is 19.6 Å². The number of primary amides is 1. The van der Waals surface area contributed by atoms with E-state index in [1.165, 1.54) is 6.20 Å². The molecule has 2 N–H and O–H groups in total. The molecule has 0 unspecified atom stereocenters. The van der Waals surface area contributed by atoms with Crippen molar-refractivity contribution in [2.75, 3.05) is 24.6 Å². The van der Waals surface area contributed by atoms with Crippen LogP contribution < -0.4 is 10.6 Å². The molecule has 3 heterocycles. The second-order valence-electron chi connectivity index (χ2n) is 6.77. The van der Waals surface area contributed by atoms with Gasteiger partial charge in [0.1, 0.15) is 11.5 Å². The highest BCUT2D eigenvalue weighted by Crippen LogP contribution is 2.27. The number of rotatable bonds is 4. The zero-order chi connectivity index (χ0) is 18.8. The number of amides is 2. The van der Waals surface area contributed by atoms with Crippen molar-refractivity contribution in [3.63, 3.8) is 0 Å². The fraction of sp³-hybridized carbons (Fsp3) is 0.368. The predicted molar refractivity (Wildman–Crippen MR) is 97.9 cm³/mol. The first-order chi connectivity index (χ1) is 13.1. The first-order valence-corrected chi connectivity index (χ1v) is 8.93. The zero-order valence-corrected chi connectivity index (χ0v) is 14.8. The van der Waals surface area contributed by atoms with E-state index in [4.69, 9.17) is 10.5 Å². The Morgan fingerprint density at radius 1 is 1.22 bits per heavy atom. The monoisotopic (exact) mass is 367 g/mol. The van der Waals surface area contributed by atoms with E-state index < -0.39 is 5.91 Å². The van der Waals surface area contributed by atoms with Gasteiger partial charge in [-0.25, -0.2) is 4.98 Å². The molecule has 2 saturated heterocycles. The van der Waals surface area contributed by atoms with E-state index in [0.29, 0.717) is 38.5 Å². The van der Waals surface area contributed by atoms with Gasteiger partial charge in [0.15, 0.2) is 0 Å². The molecule has 1 aromatic carbocycles. The topological polar surface area (TPSA) is 102 Å². The summed E-state index contributed by atoms with van der Waals surface area (Å²) in [5.74, 6) is 0.0372. The molecule has 8 heteroatoms. The first kappa shape index (κ1) is 17.4. The predicted octanol–water partition coefficient (Wildman–Crippen LogP) is 0.582. The molecule has 2 aliphatic heterocycles. The van der Waals surface area contributed by atoms with Crippen LogP contribution in [0.4, 0.5) is 5.82 Å². The standard InChI is InChI=1S/C19H21N5O3/c20-19(26)14-8-21-9-17(22-14)23-11-15-16(12-23)27-7-6-18(25)24(15)10-13-4-2-1-3-5-13/h1-5,8-9,15-16H,6-7,10-12H2,(H2,20,26)/t15-,16-/m0/s1. The van der Waals surface area contributed by atoms with Gasteiger partial charge in [-0.15, -0.1) is 0 Å². The molecule has 2 atom stereocenters. The number of hydrogen-bond donors (Lipinski definition) is 1. The quantitative estimate of drug-likeness (QED) is 0.848. The molecule has 2 aliphatic rings. The fourth-order valence-corrected chi connectivity index (χ4v) is 3.65. The molecule has 2 aromatic rings. The maximum Gasteiger partial charge on any atom is 0.268 e. The molecule has 2 fully saturated rings. The van der Waals surface area contributed by atoms with Crippen LogP contribution >= 0.6 is 0 Å². The summed E-state index contributed by atoms with van der Waals surface area (Å²) in [6.45, 7) is 2.11. The molecule has 0 bridgehead atoms. The van der Waals surface area contributed by atoms with Crippen LogP contribution in [-0.4, -0.2) is 58.5 Å². The van der Waals surface area contributed by atoms with Gasteiger partial charge in [-0.1, -0.05) is 30.3 Å². The van der Waals surface area contributed by atoms with Gasteiger partial charge in [-0.2, -0.15) is 0 Å². The van der Waals surface area contributed by atoms with Crippen molar-refractivity contribution in [1.29, 1.82) is 0 Å². The number of aromatic nitrogens is 2. The van der Waals surface area contributed by atoms with Crippen molar-refractivity contribution in [1.82, 2.24) is 14.9 Å². The van der Waals surface area contributed by atoms with Crippen LogP contribution in [0.25, 0.3) is 0 Å². The number of fused-ring (bicyclic) bond motifs is 1. The van der Waals surface area contributed by atoms with Gasteiger partial charge >= 0.3 is 0 Å². The molecule has 140 valence electrons. The summed E-state index contributed by atoms with van der Waals surface area (Å²) in [7, 11) is 0. The van der Waals surface area contributed by atoms with Crippen molar-refractivity contribution < 1.29 is 14.3 Å². The summed E-state index contributed by atoms with van der Waals surface area (Å²) in [6.07, 6.45) is 3.22. The fourth-order valence-electron chi connectivity index (χ4n) is 3.65. The average molecular weight is 367 g/mol. The number of anilines is 1. The Morgan fingerprint density at radius 3 is 2.81 bits per heavy atom. The van der Waals surface area contributed by atoms with E-state index >= 15 is 0 Å². The number of carbonyl (C=O) groups excluding carboxylic acids is 2. The van der Waals surface area contributed by atoms with Gasteiger partial charge in [-0.05, 0) is 5.56 Å². The highest BCUT2D eigenvalue weighted by Gasteiger charge is 2.41. The lowest BCUT2D eigenvalue weighted by Gasteiger charge is -2.29. The molecule has 8 nitrogen and oxygen atoms in total. The van der Waals surface area contributed by atoms with Crippen LogP contribution in [0.15, 0.2) is 42.7 Å². The highest BCUT2D eigenvalue weighted by molar-refractivity contribution is 5.90. The largest absolute Gasteiger partial charge is 0.374 e. The lowest BCUT2D eigenvalue weighted by molar-refractivity contribution is -0.133. The third-order valence-corrected chi connectivity index (χ3v) is 5.00. The number of nitrogens with zero attached hydrogens (tertiary/aromatic N) is 4. The Hall–Kier alpha value is -3.00. The van der Waals surface area contributed by atoms with E-state index in [-0.39, 0.29) is 23.7 Å². The molecule has 1 aromatic heterocycles. The van der Waals surface area contributed by atoms with E-state index in [2.05, 4.69) is 9.97 Å². The van der Waals surface area contributed by atoms with Crippen LogP contribution in [0.5, 0.6) is 0 Å². The SMILES string of the molecule is NC(=O)c1cncc(N2C[C@@H]3OCCC(=O)N(Cc4ccccc4)[C@H]3C2)n1. The Bertz CT molecular complexity index is 844. The van der Waals surface area contributed by atoms with Gasteiger partial charge < -0.3 is 20.3 Å². The van der Waals surface area contributed by atoms with Gasteiger partial charge in [0.05, 0.1) is 37.6 Å². The van der Waals surface area contributed by atoms with Crippen molar-refractivity contribution in [3.05, 3.63) is 54.0 Å². The average Bonchev–Trinajstić information content (AvgIpc) is 3.05.